The maximum Gasteiger partial charge on any atom is 0.246 e. The molecule has 3 rings (SSSR count). The lowest BCUT2D eigenvalue weighted by Gasteiger charge is -2.32. The second kappa shape index (κ2) is 6.20. The van der Waals surface area contributed by atoms with Gasteiger partial charge in [0.15, 0.2) is 0 Å². The smallest absolute Gasteiger partial charge is 0.246 e. The molecule has 1 aromatic carbocycles. The Labute approximate surface area is 130 Å². The third kappa shape index (κ3) is 3.06. The maximum atomic E-state index is 12.7. The van der Waals surface area contributed by atoms with E-state index in [1.54, 1.807) is 15.2 Å². The van der Waals surface area contributed by atoms with Crippen molar-refractivity contribution in [3.05, 3.63) is 48.3 Å². The second-order valence-corrected chi connectivity index (χ2v) is 7.42. The lowest BCUT2D eigenvalue weighted by molar-refractivity contribution is 0.284. The van der Waals surface area contributed by atoms with Crippen LogP contribution in [0.3, 0.4) is 0 Å². The number of aromatic nitrogens is 2. The molecular formula is C15H20N4O2S. The molecule has 1 aliphatic rings. The first-order valence-electron chi connectivity index (χ1n) is 7.36. The van der Waals surface area contributed by atoms with Crippen molar-refractivity contribution >= 4 is 10.0 Å². The molecule has 1 atom stereocenters. The molecule has 0 saturated carbocycles. The van der Waals surface area contributed by atoms with Gasteiger partial charge in [-0.15, -0.1) is 0 Å². The van der Waals surface area contributed by atoms with Crippen LogP contribution in [-0.4, -0.2) is 48.2 Å². The fourth-order valence-electron chi connectivity index (χ4n) is 2.65. The minimum Gasteiger partial charge on any atom is -0.314 e. The van der Waals surface area contributed by atoms with Gasteiger partial charge in [0.1, 0.15) is 4.90 Å². The van der Waals surface area contributed by atoms with Gasteiger partial charge in [-0.25, -0.2) is 8.42 Å². The fraction of sp³-hybridized carbons (Fsp3) is 0.400. The van der Waals surface area contributed by atoms with E-state index in [9.17, 15) is 8.42 Å². The van der Waals surface area contributed by atoms with Gasteiger partial charge in [0, 0.05) is 31.9 Å². The van der Waals surface area contributed by atoms with Gasteiger partial charge in [0.25, 0.3) is 0 Å². The van der Waals surface area contributed by atoms with Crippen molar-refractivity contribution in [3.8, 4) is 0 Å². The molecule has 1 saturated heterocycles. The standard InChI is InChI=1S/C15H20N4O2S/c1-13-9-16-7-8-19(13)22(20,21)15-10-17-18(12-15)11-14-5-3-2-4-6-14/h2-6,10,12-13,16H,7-9,11H2,1H3. The first-order chi connectivity index (χ1) is 10.6. The molecule has 7 heteroatoms. The topological polar surface area (TPSA) is 67.2 Å². The number of sulfonamides is 1. The predicted octanol–water partition coefficient (Wildman–Crippen LogP) is 0.914. The summed E-state index contributed by atoms with van der Waals surface area (Å²) >= 11 is 0. The van der Waals surface area contributed by atoms with E-state index in [0.717, 1.165) is 5.56 Å². The van der Waals surface area contributed by atoms with Gasteiger partial charge in [0.05, 0.1) is 12.7 Å². The van der Waals surface area contributed by atoms with Crippen molar-refractivity contribution in [2.45, 2.75) is 24.4 Å². The summed E-state index contributed by atoms with van der Waals surface area (Å²) < 4.78 is 28.6. The van der Waals surface area contributed by atoms with E-state index in [2.05, 4.69) is 10.4 Å². The molecule has 0 spiro atoms. The summed E-state index contributed by atoms with van der Waals surface area (Å²) in [5.74, 6) is 0. The molecule has 1 aromatic heterocycles. The van der Waals surface area contributed by atoms with Gasteiger partial charge in [0.2, 0.25) is 10.0 Å². The Balaban J connectivity index is 1.80. The highest BCUT2D eigenvalue weighted by Crippen LogP contribution is 2.19. The number of nitrogens with zero attached hydrogens (tertiary/aromatic N) is 3. The Kier molecular flexibility index (Phi) is 4.28. The third-order valence-electron chi connectivity index (χ3n) is 3.84. The lowest BCUT2D eigenvalue weighted by atomic mass is 10.2. The van der Waals surface area contributed by atoms with E-state index in [-0.39, 0.29) is 10.9 Å². The van der Waals surface area contributed by atoms with Crippen LogP contribution in [0.4, 0.5) is 0 Å². The number of nitrogens with one attached hydrogen (secondary N) is 1. The summed E-state index contributed by atoms with van der Waals surface area (Å²) in [5.41, 5.74) is 1.09. The molecule has 6 nitrogen and oxygen atoms in total. The summed E-state index contributed by atoms with van der Waals surface area (Å²) in [6.45, 7) is 4.33. The maximum absolute atomic E-state index is 12.7. The van der Waals surface area contributed by atoms with E-state index in [1.165, 1.54) is 6.20 Å². The highest BCUT2D eigenvalue weighted by molar-refractivity contribution is 7.89. The Morgan fingerprint density at radius 3 is 2.82 bits per heavy atom. The number of rotatable bonds is 4. The van der Waals surface area contributed by atoms with E-state index in [4.69, 9.17) is 0 Å². The molecule has 22 heavy (non-hydrogen) atoms. The zero-order valence-electron chi connectivity index (χ0n) is 12.5. The van der Waals surface area contributed by atoms with E-state index < -0.39 is 10.0 Å². The van der Waals surface area contributed by atoms with E-state index in [0.29, 0.717) is 26.2 Å². The number of hydrogen-bond acceptors (Lipinski definition) is 4. The SMILES string of the molecule is CC1CNCCN1S(=O)(=O)c1cnn(Cc2ccccc2)c1. The lowest BCUT2D eigenvalue weighted by Crippen LogP contribution is -2.52. The first kappa shape index (κ1) is 15.2. The second-order valence-electron chi connectivity index (χ2n) is 5.53. The summed E-state index contributed by atoms with van der Waals surface area (Å²) in [4.78, 5) is 0.261. The van der Waals surface area contributed by atoms with Crippen LogP contribution in [0.1, 0.15) is 12.5 Å². The van der Waals surface area contributed by atoms with Gasteiger partial charge in [-0.1, -0.05) is 30.3 Å². The van der Waals surface area contributed by atoms with Crippen molar-refractivity contribution in [2.75, 3.05) is 19.6 Å². The average molecular weight is 320 g/mol. The minimum atomic E-state index is -3.47. The Morgan fingerprint density at radius 1 is 1.32 bits per heavy atom. The molecule has 1 unspecified atom stereocenters. The summed E-state index contributed by atoms with van der Waals surface area (Å²) in [5, 5.41) is 7.39. The molecule has 1 N–H and O–H groups in total. The summed E-state index contributed by atoms with van der Waals surface area (Å²) in [7, 11) is -3.47. The summed E-state index contributed by atoms with van der Waals surface area (Å²) in [6, 6.07) is 9.81. The molecule has 0 bridgehead atoms. The van der Waals surface area contributed by atoms with Crippen LogP contribution < -0.4 is 5.32 Å². The van der Waals surface area contributed by atoms with Crippen LogP contribution >= 0.6 is 0 Å². The van der Waals surface area contributed by atoms with Crippen LogP contribution in [0.2, 0.25) is 0 Å². The van der Waals surface area contributed by atoms with Crippen LogP contribution in [0, 0.1) is 0 Å². The largest absolute Gasteiger partial charge is 0.314 e. The van der Waals surface area contributed by atoms with Crippen molar-refractivity contribution in [1.82, 2.24) is 19.4 Å². The zero-order valence-corrected chi connectivity index (χ0v) is 13.3. The molecule has 1 fully saturated rings. The monoisotopic (exact) mass is 320 g/mol. The molecule has 2 heterocycles. The minimum absolute atomic E-state index is 0.0452. The van der Waals surface area contributed by atoms with Crippen LogP contribution in [0.5, 0.6) is 0 Å². The van der Waals surface area contributed by atoms with Gasteiger partial charge < -0.3 is 5.32 Å². The molecule has 0 aliphatic carbocycles. The van der Waals surface area contributed by atoms with Crippen LogP contribution in [-0.2, 0) is 16.6 Å². The van der Waals surface area contributed by atoms with Crippen molar-refractivity contribution < 1.29 is 8.42 Å². The highest BCUT2D eigenvalue weighted by Gasteiger charge is 2.31. The Hall–Kier alpha value is -1.70. The van der Waals surface area contributed by atoms with Gasteiger partial charge in [-0.3, -0.25) is 4.68 Å². The number of benzene rings is 1. The predicted molar refractivity (Wildman–Crippen MR) is 84.0 cm³/mol. The number of hydrogen-bond donors (Lipinski definition) is 1. The van der Waals surface area contributed by atoms with Crippen molar-refractivity contribution in [2.24, 2.45) is 0 Å². The fourth-order valence-corrected chi connectivity index (χ4v) is 4.24. The first-order valence-corrected chi connectivity index (χ1v) is 8.80. The molecule has 0 amide bonds. The molecule has 0 radical (unpaired) electrons. The molecule has 118 valence electrons. The molecule has 1 aliphatic heterocycles. The molecular weight excluding hydrogens is 300 g/mol. The zero-order chi connectivity index (χ0) is 15.6. The Morgan fingerprint density at radius 2 is 2.09 bits per heavy atom. The quantitative estimate of drug-likeness (QED) is 0.909. The van der Waals surface area contributed by atoms with Crippen molar-refractivity contribution in [3.63, 3.8) is 0 Å². The highest BCUT2D eigenvalue weighted by atomic mass is 32.2. The Bertz CT molecular complexity index is 727. The normalized spacial score (nSPS) is 20.1. The summed E-state index contributed by atoms with van der Waals surface area (Å²) in [6.07, 6.45) is 3.05. The van der Waals surface area contributed by atoms with E-state index >= 15 is 0 Å². The number of piperazine rings is 1. The van der Waals surface area contributed by atoms with Gasteiger partial charge in [-0.2, -0.15) is 9.40 Å². The van der Waals surface area contributed by atoms with Crippen molar-refractivity contribution in [1.29, 1.82) is 0 Å². The van der Waals surface area contributed by atoms with Crippen LogP contribution in [0.15, 0.2) is 47.6 Å². The van der Waals surface area contributed by atoms with Gasteiger partial charge in [-0.05, 0) is 12.5 Å². The average Bonchev–Trinajstić information content (AvgIpc) is 2.98. The van der Waals surface area contributed by atoms with Crippen LogP contribution in [0.25, 0.3) is 0 Å². The third-order valence-corrected chi connectivity index (χ3v) is 5.81. The molecule has 2 aromatic rings. The van der Waals surface area contributed by atoms with E-state index in [1.807, 2.05) is 37.3 Å². The van der Waals surface area contributed by atoms with Gasteiger partial charge >= 0.3 is 0 Å².